The maximum absolute atomic E-state index is 15.4. The van der Waals surface area contributed by atoms with Gasteiger partial charge in [-0.05, 0) is 62.6 Å². The Balaban J connectivity index is 1.80. The predicted molar refractivity (Wildman–Crippen MR) is 115 cm³/mol. The number of halogens is 1. The van der Waals surface area contributed by atoms with Crippen molar-refractivity contribution < 1.29 is 9.50 Å². The molecule has 4 aromatic rings. The number of anilines is 1. The molecule has 0 atom stereocenters. The van der Waals surface area contributed by atoms with Crippen molar-refractivity contribution in [1.29, 1.82) is 0 Å². The van der Waals surface area contributed by atoms with Crippen LogP contribution < -0.4 is 5.32 Å². The number of hydrogen-bond acceptors (Lipinski definition) is 4. The van der Waals surface area contributed by atoms with Gasteiger partial charge in [0.25, 0.3) is 0 Å². The molecule has 5 rings (SSSR count). The number of aryl methyl sites for hydroxylation is 1. The van der Waals surface area contributed by atoms with E-state index in [2.05, 4.69) is 15.5 Å². The summed E-state index contributed by atoms with van der Waals surface area (Å²) >= 11 is 0. The quantitative estimate of drug-likeness (QED) is 0.533. The minimum atomic E-state index is -0.537. The highest BCUT2D eigenvalue weighted by molar-refractivity contribution is 5.97. The van der Waals surface area contributed by atoms with Crippen LogP contribution in [0.4, 0.5) is 10.1 Å². The Bertz CT molecular complexity index is 1300. The van der Waals surface area contributed by atoms with E-state index in [4.69, 9.17) is 0 Å². The second-order valence-electron chi connectivity index (χ2n) is 8.38. The molecular weight excluding hydrogens is 381 g/mol. The summed E-state index contributed by atoms with van der Waals surface area (Å²) in [5.41, 5.74) is 4.46. The minimum absolute atomic E-state index is 0.0671. The largest absolute Gasteiger partial charge is 0.395 e. The van der Waals surface area contributed by atoms with E-state index in [9.17, 15) is 5.11 Å². The molecule has 2 aromatic heterocycles. The van der Waals surface area contributed by atoms with Gasteiger partial charge in [-0.15, -0.1) is 10.2 Å². The standard InChI is InChI=1S/C23H24FN5O/c1-13-17(15-6-5-7-19-16(15)8-9-28(19)10-11-30)12-18(24)20-21(13)29-14(2)26-27-22(29)23(3,4)25-20/h5-9,12,25,30H,10-11H2,1-4H3. The minimum Gasteiger partial charge on any atom is -0.395 e. The lowest BCUT2D eigenvalue weighted by molar-refractivity contribution is 0.278. The van der Waals surface area contributed by atoms with Crippen LogP contribution in [-0.2, 0) is 12.1 Å². The van der Waals surface area contributed by atoms with E-state index in [1.54, 1.807) is 6.07 Å². The van der Waals surface area contributed by atoms with Gasteiger partial charge in [-0.1, -0.05) is 12.1 Å². The lowest BCUT2D eigenvalue weighted by atomic mass is 9.92. The zero-order chi connectivity index (χ0) is 21.2. The van der Waals surface area contributed by atoms with E-state index in [0.717, 1.165) is 44.9 Å². The molecule has 1 aliphatic rings. The lowest BCUT2D eigenvalue weighted by Crippen LogP contribution is -2.37. The summed E-state index contributed by atoms with van der Waals surface area (Å²) < 4.78 is 19.4. The second-order valence-corrected chi connectivity index (χ2v) is 8.38. The maximum atomic E-state index is 15.4. The van der Waals surface area contributed by atoms with Crippen molar-refractivity contribution in [3.05, 3.63) is 59.6 Å². The number of rotatable bonds is 3. The molecule has 30 heavy (non-hydrogen) atoms. The average Bonchev–Trinajstić information content (AvgIpc) is 3.29. The first-order valence-corrected chi connectivity index (χ1v) is 10.1. The first-order valence-electron chi connectivity index (χ1n) is 10.1. The molecule has 154 valence electrons. The topological polar surface area (TPSA) is 67.9 Å². The lowest BCUT2D eigenvalue weighted by Gasteiger charge is -2.35. The van der Waals surface area contributed by atoms with Gasteiger partial charge in [-0.25, -0.2) is 4.39 Å². The molecule has 0 spiro atoms. The fourth-order valence-corrected chi connectivity index (χ4v) is 4.58. The number of hydrogen-bond donors (Lipinski definition) is 2. The van der Waals surface area contributed by atoms with E-state index in [-0.39, 0.29) is 12.4 Å². The molecule has 2 aromatic carbocycles. The van der Waals surface area contributed by atoms with Crippen molar-refractivity contribution in [3.8, 4) is 16.8 Å². The molecule has 0 unspecified atom stereocenters. The molecule has 3 heterocycles. The summed E-state index contributed by atoms with van der Waals surface area (Å²) in [4.78, 5) is 0. The Hall–Kier alpha value is -3.19. The average molecular weight is 405 g/mol. The van der Waals surface area contributed by atoms with Crippen LogP contribution in [0.5, 0.6) is 0 Å². The van der Waals surface area contributed by atoms with E-state index < -0.39 is 5.54 Å². The summed E-state index contributed by atoms with van der Waals surface area (Å²) in [6.07, 6.45) is 1.96. The van der Waals surface area contributed by atoms with Gasteiger partial charge in [-0.3, -0.25) is 4.57 Å². The molecule has 0 amide bonds. The maximum Gasteiger partial charge on any atom is 0.162 e. The Morgan fingerprint density at radius 3 is 2.70 bits per heavy atom. The SMILES string of the molecule is Cc1c(-c2cccc3c2ccn3CCO)cc(F)c2c1-n1c(C)nnc1C(C)(C)N2. The number of nitrogens with zero attached hydrogens (tertiary/aromatic N) is 4. The fraction of sp³-hybridized carbons (Fsp3) is 0.304. The normalized spacial score (nSPS) is 14.5. The molecule has 6 nitrogen and oxygen atoms in total. The van der Waals surface area contributed by atoms with Gasteiger partial charge in [-0.2, -0.15) is 0 Å². The number of nitrogens with one attached hydrogen (secondary N) is 1. The second kappa shape index (κ2) is 6.40. The molecule has 0 bridgehead atoms. The van der Waals surface area contributed by atoms with Crippen LogP contribution in [0.1, 0.15) is 31.1 Å². The molecular formula is C23H24FN5O. The highest BCUT2D eigenvalue weighted by Gasteiger charge is 2.37. The summed E-state index contributed by atoms with van der Waals surface area (Å²) in [6, 6.07) is 9.64. The highest BCUT2D eigenvalue weighted by Crippen LogP contribution is 2.44. The molecule has 1 aliphatic heterocycles. The van der Waals surface area contributed by atoms with Crippen LogP contribution in [0.25, 0.3) is 27.7 Å². The Labute approximate surface area is 174 Å². The van der Waals surface area contributed by atoms with Crippen LogP contribution in [0.3, 0.4) is 0 Å². The van der Waals surface area contributed by atoms with Crippen LogP contribution >= 0.6 is 0 Å². The van der Waals surface area contributed by atoms with E-state index >= 15 is 4.39 Å². The third kappa shape index (κ3) is 2.51. The van der Waals surface area contributed by atoms with Crippen molar-refractivity contribution in [2.24, 2.45) is 0 Å². The molecule has 0 saturated heterocycles. The zero-order valence-electron chi connectivity index (χ0n) is 17.5. The van der Waals surface area contributed by atoms with Crippen LogP contribution in [-0.4, -0.2) is 31.0 Å². The summed E-state index contributed by atoms with van der Waals surface area (Å²) in [5.74, 6) is 1.19. The number of aliphatic hydroxyl groups is 1. The first-order chi connectivity index (χ1) is 14.3. The smallest absolute Gasteiger partial charge is 0.162 e. The van der Waals surface area contributed by atoms with Crippen LogP contribution in [0.2, 0.25) is 0 Å². The third-order valence-corrected chi connectivity index (χ3v) is 6.00. The van der Waals surface area contributed by atoms with E-state index in [0.29, 0.717) is 12.2 Å². The predicted octanol–water partition coefficient (Wildman–Crippen LogP) is 4.30. The van der Waals surface area contributed by atoms with E-state index in [1.165, 1.54) is 0 Å². The van der Waals surface area contributed by atoms with Gasteiger partial charge < -0.3 is 15.0 Å². The van der Waals surface area contributed by atoms with Crippen molar-refractivity contribution in [2.75, 3.05) is 11.9 Å². The van der Waals surface area contributed by atoms with Crippen molar-refractivity contribution in [1.82, 2.24) is 19.3 Å². The molecule has 0 fully saturated rings. The number of benzene rings is 2. The first kappa shape index (κ1) is 18.8. The molecule has 7 heteroatoms. The number of fused-ring (bicyclic) bond motifs is 4. The Kier molecular flexibility index (Phi) is 4.02. The molecule has 2 N–H and O–H groups in total. The Morgan fingerprint density at radius 1 is 1.13 bits per heavy atom. The third-order valence-electron chi connectivity index (χ3n) is 6.00. The highest BCUT2D eigenvalue weighted by atomic mass is 19.1. The summed E-state index contributed by atoms with van der Waals surface area (Å²) in [7, 11) is 0. The van der Waals surface area contributed by atoms with Crippen molar-refractivity contribution >= 4 is 16.6 Å². The Morgan fingerprint density at radius 2 is 1.93 bits per heavy atom. The zero-order valence-corrected chi connectivity index (χ0v) is 17.5. The van der Waals surface area contributed by atoms with E-state index in [1.807, 2.05) is 67.3 Å². The van der Waals surface area contributed by atoms with Gasteiger partial charge in [0.05, 0.1) is 23.5 Å². The summed E-state index contributed by atoms with van der Waals surface area (Å²) in [5, 5.41) is 22.3. The van der Waals surface area contributed by atoms with Crippen LogP contribution in [0, 0.1) is 19.7 Å². The fourth-order valence-electron chi connectivity index (χ4n) is 4.58. The van der Waals surface area contributed by atoms with Gasteiger partial charge in [0.15, 0.2) is 5.82 Å². The van der Waals surface area contributed by atoms with Crippen molar-refractivity contribution in [3.63, 3.8) is 0 Å². The van der Waals surface area contributed by atoms with Gasteiger partial charge in [0.1, 0.15) is 11.6 Å². The number of aliphatic hydroxyl groups excluding tert-OH is 1. The van der Waals surface area contributed by atoms with Crippen molar-refractivity contribution in [2.45, 2.75) is 39.8 Å². The van der Waals surface area contributed by atoms with Gasteiger partial charge >= 0.3 is 0 Å². The molecule has 0 radical (unpaired) electrons. The number of aromatic nitrogens is 4. The summed E-state index contributed by atoms with van der Waals surface area (Å²) in [6.45, 7) is 8.44. The van der Waals surface area contributed by atoms with Gasteiger partial charge in [0, 0.05) is 23.6 Å². The van der Waals surface area contributed by atoms with Crippen LogP contribution in [0.15, 0.2) is 36.5 Å². The van der Waals surface area contributed by atoms with Gasteiger partial charge in [0.2, 0.25) is 0 Å². The molecule has 0 saturated carbocycles. The monoisotopic (exact) mass is 405 g/mol. The molecule has 0 aliphatic carbocycles.